The molecule has 0 aliphatic carbocycles. The van der Waals surface area contributed by atoms with Crippen molar-refractivity contribution < 1.29 is 0 Å². The molecule has 0 saturated carbocycles. The molecule has 0 unspecified atom stereocenters. The van der Waals surface area contributed by atoms with Gasteiger partial charge in [0.15, 0.2) is 5.82 Å². The molecule has 0 spiro atoms. The van der Waals surface area contributed by atoms with Crippen molar-refractivity contribution >= 4 is 33.1 Å². The molecule has 0 aliphatic rings. The number of thiophene rings is 1. The normalized spacial score (nSPS) is 10.5. The Hall–Kier alpha value is -1.92. The van der Waals surface area contributed by atoms with Gasteiger partial charge in [-0.3, -0.25) is 9.36 Å². The second-order valence-electron chi connectivity index (χ2n) is 4.36. The minimum atomic E-state index is -0.156. The van der Waals surface area contributed by atoms with Crippen molar-refractivity contribution in [3.05, 3.63) is 73.9 Å². The van der Waals surface area contributed by atoms with Gasteiger partial charge in [-0.1, -0.05) is 22.0 Å². The zero-order valence-corrected chi connectivity index (χ0v) is 13.4. The fraction of sp³-hybridized carbons (Fsp3) is 0.0667. The molecule has 0 aliphatic heterocycles. The van der Waals surface area contributed by atoms with Gasteiger partial charge < -0.3 is 5.32 Å². The molecule has 0 amide bonds. The Morgan fingerprint density at radius 2 is 2.05 bits per heavy atom. The third kappa shape index (κ3) is 3.22. The predicted octanol–water partition coefficient (Wildman–Crippen LogP) is 3.67. The Kier molecular flexibility index (Phi) is 4.17. The van der Waals surface area contributed by atoms with Gasteiger partial charge in [-0.25, -0.2) is 4.98 Å². The average molecular weight is 362 g/mol. The zero-order valence-electron chi connectivity index (χ0n) is 11.0. The quantitative estimate of drug-likeness (QED) is 0.771. The Bertz CT molecular complexity index is 781. The van der Waals surface area contributed by atoms with Crippen LogP contribution in [0.25, 0.3) is 5.69 Å². The van der Waals surface area contributed by atoms with Crippen molar-refractivity contribution in [1.82, 2.24) is 9.55 Å². The highest BCUT2D eigenvalue weighted by molar-refractivity contribution is 9.10. The number of nitrogens with one attached hydrogen (secondary N) is 1. The highest BCUT2D eigenvalue weighted by Crippen LogP contribution is 2.13. The van der Waals surface area contributed by atoms with Crippen molar-refractivity contribution in [2.24, 2.45) is 0 Å². The van der Waals surface area contributed by atoms with E-state index in [-0.39, 0.29) is 5.56 Å². The third-order valence-electron chi connectivity index (χ3n) is 2.96. The molecule has 0 radical (unpaired) electrons. The van der Waals surface area contributed by atoms with E-state index < -0.39 is 0 Å². The van der Waals surface area contributed by atoms with Gasteiger partial charge in [-0.05, 0) is 35.7 Å². The Morgan fingerprint density at radius 3 is 2.76 bits per heavy atom. The molecule has 0 atom stereocenters. The Labute approximate surface area is 134 Å². The van der Waals surface area contributed by atoms with Crippen LogP contribution in [0.3, 0.4) is 0 Å². The summed E-state index contributed by atoms with van der Waals surface area (Å²) in [5.74, 6) is 0.355. The molecule has 106 valence electrons. The molecule has 0 bridgehead atoms. The second-order valence-corrected chi connectivity index (χ2v) is 6.31. The lowest BCUT2D eigenvalue weighted by Gasteiger charge is -2.08. The third-order valence-corrected chi connectivity index (χ3v) is 4.36. The van der Waals surface area contributed by atoms with Crippen molar-refractivity contribution in [3.63, 3.8) is 0 Å². The Balaban J connectivity index is 1.88. The fourth-order valence-corrected chi connectivity index (χ4v) is 2.83. The summed E-state index contributed by atoms with van der Waals surface area (Å²) in [6, 6.07) is 11.6. The van der Waals surface area contributed by atoms with Crippen LogP contribution >= 0.6 is 27.3 Å². The van der Waals surface area contributed by atoms with E-state index in [1.165, 1.54) is 0 Å². The molecule has 3 rings (SSSR count). The molecule has 6 heteroatoms. The maximum atomic E-state index is 12.4. The number of nitrogens with zero attached hydrogens (tertiary/aromatic N) is 2. The van der Waals surface area contributed by atoms with Crippen molar-refractivity contribution in [2.45, 2.75) is 6.54 Å². The zero-order chi connectivity index (χ0) is 14.7. The van der Waals surface area contributed by atoms with Crippen LogP contribution < -0.4 is 10.9 Å². The number of benzene rings is 1. The fourth-order valence-electron chi connectivity index (χ4n) is 1.92. The number of anilines is 1. The standard InChI is InChI=1S/C15H12BrN3OS/c16-11-3-5-12(6-4-11)19-8-7-17-14(15(19)20)18-10-13-2-1-9-21-13/h1-9H,10H2,(H,17,18). The van der Waals surface area contributed by atoms with Gasteiger partial charge in [-0.2, -0.15) is 0 Å². The van der Waals surface area contributed by atoms with Gasteiger partial charge in [-0.15, -0.1) is 11.3 Å². The monoisotopic (exact) mass is 361 g/mol. The minimum absolute atomic E-state index is 0.156. The number of halogens is 1. The number of hydrogen-bond donors (Lipinski definition) is 1. The van der Waals surface area contributed by atoms with E-state index in [4.69, 9.17) is 0 Å². The van der Waals surface area contributed by atoms with Gasteiger partial charge in [0.2, 0.25) is 0 Å². The maximum absolute atomic E-state index is 12.4. The van der Waals surface area contributed by atoms with Gasteiger partial charge in [0.05, 0.1) is 6.54 Å². The van der Waals surface area contributed by atoms with Crippen LogP contribution in [0, 0.1) is 0 Å². The first-order valence-electron chi connectivity index (χ1n) is 6.34. The van der Waals surface area contributed by atoms with Crippen LogP contribution in [-0.4, -0.2) is 9.55 Å². The first-order valence-corrected chi connectivity index (χ1v) is 8.01. The number of hydrogen-bond acceptors (Lipinski definition) is 4. The summed E-state index contributed by atoms with van der Waals surface area (Å²) in [7, 11) is 0. The summed E-state index contributed by atoms with van der Waals surface area (Å²) < 4.78 is 2.56. The van der Waals surface area contributed by atoms with Crippen LogP contribution in [0.15, 0.2) is 63.4 Å². The lowest BCUT2D eigenvalue weighted by molar-refractivity contribution is 0.946. The molecule has 2 heterocycles. The molecule has 4 nitrogen and oxygen atoms in total. The average Bonchev–Trinajstić information content (AvgIpc) is 3.01. The molecule has 0 fully saturated rings. The molecule has 0 saturated heterocycles. The van der Waals surface area contributed by atoms with Crippen LogP contribution in [0.2, 0.25) is 0 Å². The van der Waals surface area contributed by atoms with E-state index in [0.29, 0.717) is 12.4 Å². The number of aromatic nitrogens is 2. The predicted molar refractivity (Wildman–Crippen MR) is 89.2 cm³/mol. The summed E-state index contributed by atoms with van der Waals surface area (Å²) in [5, 5.41) is 5.10. The summed E-state index contributed by atoms with van der Waals surface area (Å²) >= 11 is 5.03. The van der Waals surface area contributed by atoms with Crippen molar-refractivity contribution in [2.75, 3.05) is 5.32 Å². The first-order chi connectivity index (χ1) is 10.2. The molecule has 1 aromatic carbocycles. The van der Waals surface area contributed by atoms with Crippen LogP contribution in [0.5, 0.6) is 0 Å². The summed E-state index contributed by atoms with van der Waals surface area (Å²) in [5.41, 5.74) is 0.654. The van der Waals surface area contributed by atoms with E-state index in [2.05, 4.69) is 26.2 Å². The summed E-state index contributed by atoms with van der Waals surface area (Å²) in [4.78, 5) is 17.7. The highest BCUT2D eigenvalue weighted by atomic mass is 79.9. The first kappa shape index (κ1) is 14.0. The lowest BCUT2D eigenvalue weighted by atomic mass is 10.3. The SMILES string of the molecule is O=c1c(NCc2cccs2)nccn1-c1ccc(Br)cc1. The minimum Gasteiger partial charge on any atom is -0.361 e. The van der Waals surface area contributed by atoms with Crippen LogP contribution in [-0.2, 0) is 6.54 Å². The molecule has 3 aromatic rings. The molecular formula is C15H12BrN3OS. The molecule has 21 heavy (non-hydrogen) atoms. The van der Waals surface area contributed by atoms with E-state index in [0.717, 1.165) is 15.0 Å². The number of rotatable bonds is 4. The summed E-state index contributed by atoms with van der Waals surface area (Å²) in [6.45, 7) is 0.601. The van der Waals surface area contributed by atoms with Gasteiger partial charge >= 0.3 is 0 Å². The molecule has 1 N–H and O–H groups in total. The second kappa shape index (κ2) is 6.24. The highest BCUT2D eigenvalue weighted by Gasteiger charge is 2.06. The van der Waals surface area contributed by atoms with E-state index in [1.54, 1.807) is 28.3 Å². The van der Waals surface area contributed by atoms with E-state index in [1.807, 2.05) is 41.8 Å². The van der Waals surface area contributed by atoms with Crippen molar-refractivity contribution in [1.29, 1.82) is 0 Å². The van der Waals surface area contributed by atoms with E-state index >= 15 is 0 Å². The van der Waals surface area contributed by atoms with Gasteiger partial charge in [0.1, 0.15) is 0 Å². The lowest BCUT2D eigenvalue weighted by Crippen LogP contribution is -2.22. The molecular weight excluding hydrogens is 350 g/mol. The Morgan fingerprint density at radius 1 is 1.24 bits per heavy atom. The largest absolute Gasteiger partial charge is 0.361 e. The van der Waals surface area contributed by atoms with Gasteiger partial charge in [0.25, 0.3) is 5.56 Å². The van der Waals surface area contributed by atoms with Gasteiger partial charge in [0, 0.05) is 27.4 Å². The summed E-state index contributed by atoms with van der Waals surface area (Å²) in [6.07, 6.45) is 3.29. The van der Waals surface area contributed by atoms with Crippen LogP contribution in [0.4, 0.5) is 5.82 Å². The van der Waals surface area contributed by atoms with Crippen LogP contribution in [0.1, 0.15) is 4.88 Å². The molecule has 2 aromatic heterocycles. The smallest absolute Gasteiger partial charge is 0.297 e. The topological polar surface area (TPSA) is 46.9 Å². The van der Waals surface area contributed by atoms with Crippen molar-refractivity contribution in [3.8, 4) is 5.69 Å². The van der Waals surface area contributed by atoms with E-state index in [9.17, 15) is 4.79 Å². The maximum Gasteiger partial charge on any atom is 0.297 e.